The Morgan fingerprint density at radius 2 is 1.31 bits per heavy atom. The molecule has 0 N–H and O–H groups in total. The van der Waals surface area contributed by atoms with Crippen LogP contribution in [-0.4, -0.2) is 13.1 Å². The molecule has 3 aromatic rings. The molecule has 0 saturated heterocycles. The number of alkyl halides is 6. The van der Waals surface area contributed by atoms with Crippen LogP contribution in [0.5, 0.6) is 0 Å². The van der Waals surface area contributed by atoms with E-state index in [0.717, 1.165) is 28.6 Å². The second kappa shape index (κ2) is 12.7. The Bertz CT molecular complexity index is 1230. The summed E-state index contributed by atoms with van der Waals surface area (Å²) in [7, 11) is 6.78. The average Bonchev–Trinajstić information content (AvgIpc) is 3.07. The van der Waals surface area contributed by atoms with Gasteiger partial charge in [0.25, 0.3) is 0 Å². The minimum atomic E-state index is -4.86. The molecule has 5 atom stereocenters. The van der Waals surface area contributed by atoms with E-state index in [4.69, 9.17) is 20.1 Å². The molecule has 0 spiro atoms. The van der Waals surface area contributed by atoms with Crippen LogP contribution in [-0.2, 0) is 25.7 Å². The number of rotatable bonds is 3. The summed E-state index contributed by atoms with van der Waals surface area (Å²) >= 11 is -0.181. The number of para-hydroxylation sites is 1. The molecule has 5 unspecified atom stereocenters. The topological polar surface area (TPSA) is 12.9 Å². The average molecular weight is 648 g/mol. The van der Waals surface area contributed by atoms with Crippen LogP contribution in [0.2, 0.25) is 18.6 Å². The van der Waals surface area contributed by atoms with Crippen molar-refractivity contribution in [2.45, 2.75) is 57.7 Å². The summed E-state index contributed by atoms with van der Waals surface area (Å²) in [6.45, 7) is 10.2. The second-order valence-corrected chi connectivity index (χ2v) is 17.4. The van der Waals surface area contributed by atoms with Gasteiger partial charge in [-0.05, 0) is 46.9 Å². The first-order valence-corrected chi connectivity index (χ1v) is 18.7. The first-order chi connectivity index (χ1) is 17.6. The molecular weight excluding hydrogens is 615 g/mol. The standard InChI is InChI=1S/C27H29F6NSi.CH3.2ClH.Cr/c1-15-16(2)23(22-10-6-8-18-9-7-11-34-24(18)22)25(17(15)3)35(4,5)21-13-19(26(28,29)30)12-20(14-21)27(31,32)33;;;;/h6-17,23,25H,1-5H3;1H3;2*1H;/q;-1;;;+3/p-2. The minimum absolute atomic E-state index is 0. The number of nitrogens with zero attached hydrogens (tertiary/aromatic N) is 1. The fourth-order valence-electron chi connectivity index (χ4n) is 6.29. The maximum atomic E-state index is 13.7. The third-order valence-corrected chi connectivity index (χ3v) is 12.7. The molecule has 39 heavy (non-hydrogen) atoms. The first kappa shape index (κ1) is 34.0. The third-order valence-electron chi connectivity index (χ3n) is 8.37. The maximum absolute atomic E-state index is 13.7. The van der Waals surface area contributed by atoms with Crippen molar-refractivity contribution in [1.82, 2.24) is 4.98 Å². The summed E-state index contributed by atoms with van der Waals surface area (Å²) in [5.74, 6) is 0.551. The number of hydrogen-bond acceptors (Lipinski definition) is 1. The SMILES string of the molecule is CC1C(C)C(c2cccc3cccnc23)C([Si](C)(C)c2cc(C(F)(F)F)cc(C(F)(F)F)c2)C1C.[CH3-].[Cl][Cr+][Cl]. The van der Waals surface area contributed by atoms with Gasteiger partial charge in [0.15, 0.2) is 0 Å². The van der Waals surface area contributed by atoms with E-state index in [0.29, 0.717) is 0 Å². The Morgan fingerprint density at radius 1 is 0.795 bits per heavy atom. The van der Waals surface area contributed by atoms with Crippen molar-refractivity contribution in [2.75, 3.05) is 0 Å². The number of halogens is 8. The van der Waals surface area contributed by atoms with E-state index in [-0.39, 0.29) is 61.3 Å². The predicted molar refractivity (Wildman–Crippen MR) is 147 cm³/mol. The van der Waals surface area contributed by atoms with Gasteiger partial charge in [-0.3, -0.25) is 4.98 Å². The van der Waals surface area contributed by atoms with Crippen molar-refractivity contribution in [2.24, 2.45) is 17.8 Å². The molecule has 4 rings (SSSR count). The van der Waals surface area contributed by atoms with Gasteiger partial charge in [0.05, 0.1) is 24.7 Å². The Balaban J connectivity index is 0.00000127. The third kappa shape index (κ3) is 6.98. The zero-order chi connectivity index (χ0) is 28.6. The summed E-state index contributed by atoms with van der Waals surface area (Å²) in [5.41, 5.74) is -0.663. The molecule has 0 aliphatic heterocycles. The zero-order valence-corrected chi connectivity index (χ0v) is 26.2. The zero-order valence-electron chi connectivity index (χ0n) is 22.5. The number of benzene rings is 2. The van der Waals surface area contributed by atoms with Crippen LogP contribution in [0, 0.1) is 25.2 Å². The molecule has 0 amide bonds. The van der Waals surface area contributed by atoms with Gasteiger partial charge >= 0.3 is 45.8 Å². The quantitative estimate of drug-likeness (QED) is 0.157. The fourth-order valence-corrected chi connectivity index (χ4v) is 10.7. The van der Waals surface area contributed by atoms with E-state index in [2.05, 4.69) is 25.8 Å². The summed E-state index contributed by atoms with van der Waals surface area (Å²) < 4.78 is 81.9. The van der Waals surface area contributed by atoms with Gasteiger partial charge in [0.2, 0.25) is 0 Å². The first-order valence-electron chi connectivity index (χ1n) is 12.1. The molecule has 1 aliphatic carbocycles. The normalized spacial score (nSPS) is 23.6. The Kier molecular flexibility index (Phi) is 11.1. The fraction of sp³-hybridized carbons (Fsp3) is 0.429. The van der Waals surface area contributed by atoms with Crippen molar-refractivity contribution < 1.29 is 39.7 Å². The van der Waals surface area contributed by atoms with E-state index in [1.807, 2.05) is 43.4 Å². The van der Waals surface area contributed by atoms with Crippen LogP contribution < -0.4 is 5.19 Å². The molecule has 2 aromatic carbocycles. The Morgan fingerprint density at radius 3 is 1.82 bits per heavy atom. The number of pyridine rings is 1. The van der Waals surface area contributed by atoms with Crippen LogP contribution in [0.1, 0.15) is 43.4 Å². The van der Waals surface area contributed by atoms with Crippen molar-refractivity contribution in [3.8, 4) is 0 Å². The van der Waals surface area contributed by atoms with Crippen molar-refractivity contribution in [1.29, 1.82) is 0 Å². The van der Waals surface area contributed by atoms with Crippen LogP contribution in [0.4, 0.5) is 26.3 Å². The summed E-state index contributed by atoms with van der Waals surface area (Å²) in [6.07, 6.45) is -8.00. The number of aromatic nitrogens is 1. The van der Waals surface area contributed by atoms with Crippen LogP contribution in [0.25, 0.3) is 10.9 Å². The van der Waals surface area contributed by atoms with Crippen LogP contribution >= 0.6 is 20.1 Å². The molecule has 1 fully saturated rings. The van der Waals surface area contributed by atoms with E-state index in [1.165, 1.54) is 0 Å². The molecule has 1 nitrogen and oxygen atoms in total. The van der Waals surface area contributed by atoms with Crippen molar-refractivity contribution in [3.63, 3.8) is 0 Å². The molecule has 1 aliphatic rings. The van der Waals surface area contributed by atoms with Gasteiger partial charge in [-0.15, -0.1) is 0 Å². The van der Waals surface area contributed by atoms with Gasteiger partial charge in [-0.1, -0.05) is 75.5 Å². The monoisotopic (exact) mass is 646 g/mol. The van der Waals surface area contributed by atoms with Crippen LogP contribution in [0.3, 0.4) is 0 Å². The van der Waals surface area contributed by atoms with E-state index >= 15 is 0 Å². The van der Waals surface area contributed by atoms with Crippen molar-refractivity contribution in [3.05, 3.63) is 78.8 Å². The summed E-state index contributed by atoms with van der Waals surface area (Å²) in [5, 5.41) is 1.16. The summed E-state index contributed by atoms with van der Waals surface area (Å²) in [6, 6.07) is 11.9. The number of fused-ring (bicyclic) bond motifs is 1. The van der Waals surface area contributed by atoms with Gasteiger partial charge in [-0.2, -0.15) is 26.3 Å². The van der Waals surface area contributed by atoms with Crippen LogP contribution in [0.15, 0.2) is 54.7 Å². The molecule has 0 bridgehead atoms. The molecule has 11 heteroatoms. The van der Waals surface area contributed by atoms with Gasteiger partial charge in [-0.25, -0.2) is 0 Å². The summed E-state index contributed by atoms with van der Waals surface area (Å²) in [4.78, 5) is 4.61. The van der Waals surface area contributed by atoms with Gasteiger partial charge in [0.1, 0.15) is 0 Å². The molecule has 1 saturated carbocycles. The second-order valence-electron chi connectivity index (χ2n) is 10.6. The predicted octanol–water partition coefficient (Wildman–Crippen LogP) is 10.1. The van der Waals surface area contributed by atoms with E-state index in [9.17, 15) is 26.3 Å². The molecule has 1 aromatic heterocycles. The number of hydrogen-bond donors (Lipinski definition) is 0. The van der Waals surface area contributed by atoms with Crippen molar-refractivity contribution >= 4 is 44.3 Å². The van der Waals surface area contributed by atoms with E-state index in [1.54, 1.807) is 6.20 Å². The molecule has 0 radical (unpaired) electrons. The van der Waals surface area contributed by atoms with Gasteiger partial charge < -0.3 is 7.43 Å². The Labute approximate surface area is 242 Å². The molecule has 215 valence electrons. The Hall–Kier alpha value is -1.24. The molecular formula is C28H32Cl2CrF6NSi. The molecule has 1 heterocycles. The van der Waals surface area contributed by atoms with Gasteiger partial charge in [0, 0.05) is 11.6 Å². The van der Waals surface area contributed by atoms with E-state index < -0.39 is 31.6 Å².